The molecule has 134 valence electrons. The largest absolute Gasteiger partial charge is 0.423 e. The zero-order valence-electron chi connectivity index (χ0n) is 14.5. The molecule has 4 nitrogen and oxygen atoms in total. The fraction of sp³-hybridized carbons (Fsp3) is 0.200. The Morgan fingerprint density at radius 1 is 1.15 bits per heavy atom. The van der Waals surface area contributed by atoms with Crippen LogP contribution in [0.15, 0.2) is 56.6 Å². The summed E-state index contributed by atoms with van der Waals surface area (Å²) in [6.07, 6.45) is 0.776. The third-order valence-electron chi connectivity index (χ3n) is 3.95. The summed E-state index contributed by atoms with van der Waals surface area (Å²) in [7, 11) is 0. The average Bonchev–Trinajstić information content (AvgIpc) is 2.60. The highest BCUT2D eigenvalue weighted by atomic mass is 35.5. The lowest BCUT2D eigenvalue weighted by Gasteiger charge is -2.09. The molecule has 0 aliphatic rings. The fourth-order valence-electron chi connectivity index (χ4n) is 2.68. The van der Waals surface area contributed by atoms with Crippen molar-refractivity contribution in [2.45, 2.75) is 30.9 Å². The van der Waals surface area contributed by atoms with Gasteiger partial charge in [0.1, 0.15) is 5.58 Å². The number of benzene rings is 2. The van der Waals surface area contributed by atoms with E-state index < -0.39 is 0 Å². The molecule has 3 rings (SSSR count). The third kappa shape index (κ3) is 4.29. The number of aryl methyl sites for hydroxylation is 1. The molecule has 1 amide bonds. The first-order valence-corrected chi connectivity index (χ1v) is 9.58. The second-order valence-corrected chi connectivity index (χ2v) is 7.33. The number of rotatable bonds is 5. The predicted molar refractivity (Wildman–Crippen MR) is 107 cm³/mol. The van der Waals surface area contributed by atoms with Gasteiger partial charge in [0.05, 0.1) is 0 Å². The predicted octanol–water partition coefficient (Wildman–Crippen LogP) is 5.26. The van der Waals surface area contributed by atoms with Crippen LogP contribution in [0.5, 0.6) is 0 Å². The van der Waals surface area contributed by atoms with Gasteiger partial charge in [-0.25, -0.2) is 4.79 Å². The minimum Gasteiger partial charge on any atom is -0.423 e. The van der Waals surface area contributed by atoms with Crippen LogP contribution in [-0.4, -0.2) is 5.91 Å². The molecule has 0 atom stereocenters. The van der Waals surface area contributed by atoms with Crippen LogP contribution in [-0.2, 0) is 17.0 Å². The molecule has 1 N–H and O–H groups in total. The van der Waals surface area contributed by atoms with Gasteiger partial charge >= 0.3 is 5.63 Å². The molecule has 0 aliphatic carbocycles. The second kappa shape index (κ2) is 7.98. The standard InChI is InChI=1S/C20H18ClNO3S/c1-3-13-8-19-17(10-18(13)21)14(9-20(24)25-19)11-26-16-6-4-15(5-7-16)22-12(2)23/h4-10H,3,11H2,1-2H3,(H,22,23). The molecule has 0 aliphatic heterocycles. The van der Waals surface area contributed by atoms with Gasteiger partial charge in [0.25, 0.3) is 0 Å². The zero-order chi connectivity index (χ0) is 18.7. The van der Waals surface area contributed by atoms with Crippen LogP contribution < -0.4 is 10.9 Å². The Bertz CT molecular complexity index is 1010. The topological polar surface area (TPSA) is 59.3 Å². The molecular weight excluding hydrogens is 370 g/mol. The summed E-state index contributed by atoms with van der Waals surface area (Å²) in [5, 5.41) is 4.27. The van der Waals surface area contributed by atoms with E-state index in [2.05, 4.69) is 5.32 Å². The molecule has 0 bridgehead atoms. The van der Waals surface area contributed by atoms with E-state index in [0.29, 0.717) is 16.4 Å². The summed E-state index contributed by atoms with van der Waals surface area (Å²) in [5.41, 5.74) is 2.80. The summed E-state index contributed by atoms with van der Waals surface area (Å²) < 4.78 is 5.34. The summed E-state index contributed by atoms with van der Waals surface area (Å²) >= 11 is 7.93. The maximum absolute atomic E-state index is 11.9. The minimum atomic E-state index is -0.363. The molecule has 0 unspecified atom stereocenters. The fourth-order valence-corrected chi connectivity index (χ4v) is 3.86. The molecule has 0 saturated heterocycles. The highest BCUT2D eigenvalue weighted by Crippen LogP contribution is 2.30. The Hall–Kier alpha value is -2.24. The number of fused-ring (bicyclic) bond motifs is 1. The number of amides is 1. The molecule has 2 aromatic carbocycles. The van der Waals surface area contributed by atoms with E-state index in [9.17, 15) is 9.59 Å². The van der Waals surface area contributed by atoms with Crippen LogP contribution in [0.1, 0.15) is 25.0 Å². The SMILES string of the molecule is CCc1cc2oc(=O)cc(CSc3ccc(NC(C)=O)cc3)c2cc1Cl. The van der Waals surface area contributed by atoms with E-state index >= 15 is 0 Å². The number of halogens is 1. The normalized spacial score (nSPS) is 10.9. The van der Waals surface area contributed by atoms with E-state index in [1.54, 1.807) is 11.8 Å². The van der Waals surface area contributed by atoms with Crippen LogP contribution in [0, 0.1) is 0 Å². The van der Waals surface area contributed by atoms with Gasteiger partial charge in [0.15, 0.2) is 0 Å². The number of hydrogen-bond acceptors (Lipinski definition) is 4. The minimum absolute atomic E-state index is 0.101. The Balaban J connectivity index is 1.85. The van der Waals surface area contributed by atoms with Gasteiger partial charge in [-0.3, -0.25) is 4.79 Å². The van der Waals surface area contributed by atoms with Crippen molar-refractivity contribution in [1.82, 2.24) is 0 Å². The zero-order valence-corrected chi connectivity index (χ0v) is 16.0. The quantitative estimate of drug-likeness (QED) is 0.479. The third-order valence-corrected chi connectivity index (χ3v) is 5.36. The molecule has 6 heteroatoms. The number of carbonyl (C=O) groups excluding carboxylic acids is 1. The van der Waals surface area contributed by atoms with Crippen LogP contribution >= 0.6 is 23.4 Å². The van der Waals surface area contributed by atoms with Crippen molar-refractivity contribution in [2.24, 2.45) is 0 Å². The van der Waals surface area contributed by atoms with Crippen molar-refractivity contribution in [1.29, 1.82) is 0 Å². The maximum atomic E-state index is 11.9. The van der Waals surface area contributed by atoms with Gasteiger partial charge < -0.3 is 9.73 Å². The monoisotopic (exact) mass is 387 g/mol. The van der Waals surface area contributed by atoms with E-state index in [1.807, 2.05) is 43.3 Å². The summed E-state index contributed by atoms with van der Waals surface area (Å²) in [6, 6.07) is 12.8. The Morgan fingerprint density at radius 2 is 1.88 bits per heavy atom. The molecule has 0 spiro atoms. The summed E-state index contributed by atoms with van der Waals surface area (Å²) in [5.74, 6) is 0.514. The number of anilines is 1. The lowest BCUT2D eigenvalue weighted by molar-refractivity contribution is -0.114. The number of carbonyl (C=O) groups is 1. The van der Waals surface area contributed by atoms with Gasteiger partial charge in [-0.1, -0.05) is 18.5 Å². The first kappa shape index (κ1) is 18.5. The van der Waals surface area contributed by atoms with Crippen molar-refractivity contribution >= 4 is 45.9 Å². The molecule has 1 heterocycles. The van der Waals surface area contributed by atoms with E-state index in [1.165, 1.54) is 13.0 Å². The molecule has 1 aromatic heterocycles. The van der Waals surface area contributed by atoms with E-state index in [0.717, 1.165) is 33.5 Å². The lowest BCUT2D eigenvalue weighted by Crippen LogP contribution is -2.05. The molecule has 3 aromatic rings. The van der Waals surface area contributed by atoms with Gasteiger partial charge in [-0.15, -0.1) is 11.8 Å². The lowest BCUT2D eigenvalue weighted by atomic mass is 10.1. The maximum Gasteiger partial charge on any atom is 0.336 e. The van der Waals surface area contributed by atoms with Crippen molar-refractivity contribution in [3.05, 3.63) is 69.0 Å². The smallest absolute Gasteiger partial charge is 0.336 e. The number of hydrogen-bond donors (Lipinski definition) is 1. The van der Waals surface area contributed by atoms with Gasteiger partial charge in [-0.2, -0.15) is 0 Å². The van der Waals surface area contributed by atoms with E-state index in [4.69, 9.17) is 16.0 Å². The van der Waals surface area contributed by atoms with Gasteiger partial charge in [0, 0.05) is 39.7 Å². The van der Waals surface area contributed by atoms with E-state index in [-0.39, 0.29) is 11.5 Å². The molecule has 0 radical (unpaired) electrons. The molecule has 0 saturated carbocycles. The Labute approximate surface area is 160 Å². The first-order chi connectivity index (χ1) is 12.5. The molecule has 0 fully saturated rings. The molecular formula is C20H18ClNO3S. The number of nitrogens with one attached hydrogen (secondary N) is 1. The van der Waals surface area contributed by atoms with Crippen LogP contribution in [0.4, 0.5) is 5.69 Å². The van der Waals surface area contributed by atoms with Crippen LogP contribution in [0.3, 0.4) is 0 Å². The Kier molecular flexibility index (Phi) is 5.69. The van der Waals surface area contributed by atoms with Crippen molar-refractivity contribution in [2.75, 3.05) is 5.32 Å². The van der Waals surface area contributed by atoms with Gasteiger partial charge in [-0.05, 0) is 53.9 Å². The highest BCUT2D eigenvalue weighted by molar-refractivity contribution is 7.98. The van der Waals surface area contributed by atoms with Crippen molar-refractivity contribution in [3.8, 4) is 0 Å². The van der Waals surface area contributed by atoms with Crippen molar-refractivity contribution in [3.63, 3.8) is 0 Å². The second-order valence-electron chi connectivity index (χ2n) is 5.88. The summed E-state index contributed by atoms with van der Waals surface area (Å²) in [6.45, 7) is 3.49. The average molecular weight is 388 g/mol. The van der Waals surface area contributed by atoms with Crippen LogP contribution in [0.2, 0.25) is 5.02 Å². The Morgan fingerprint density at radius 3 is 2.54 bits per heavy atom. The van der Waals surface area contributed by atoms with Gasteiger partial charge in [0.2, 0.25) is 5.91 Å². The number of thioether (sulfide) groups is 1. The van der Waals surface area contributed by atoms with Crippen molar-refractivity contribution < 1.29 is 9.21 Å². The van der Waals surface area contributed by atoms with Crippen LogP contribution in [0.25, 0.3) is 11.0 Å². The highest BCUT2D eigenvalue weighted by Gasteiger charge is 2.10. The summed E-state index contributed by atoms with van der Waals surface area (Å²) in [4.78, 5) is 24.0. The first-order valence-electron chi connectivity index (χ1n) is 8.22. The molecule has 26 heavy (non-hydrogen) atoms.